The molecule has 2 saturated heterocycles. The molecule has 3 rings (SSSR count). The van der Waals surface area contributed by atoms with Crippen LogP contribution in [0, 0.1) is 10.8 Å². The lowest BCUT2D eigenvalue weighted by Crippen LogP contribution is -2.46. The number of likely N-dealkylation sites (tertiary alicyclic amines) is 1. The highest BCUT2D eigenvalue weighted by atomic mass is 16.2. The Labute approximate surface area is 110 Å². The fourth-order valence-corrected chi connectivity index (χ4v) is 4.81. The van der Waals surface area contributed by atoms with Crippen LogP contribution in [0.25, 0.3) is 0 Å². The normalized spacial score (nSPS) is 42.3. The molecular formula is C15H26N2O. The van der Waals surface area contributed by atoms with Gasteiger partial charge in [-0.15, -0.1) is 0 Å². The van der Waals surface area contributed by atoms with Gasteiger partial charge in [0, 0.05) is 12.6 Å². The van der Waals surface area contributed by atoms with Crippen molar-refractivity contribution < 1.29 is 4.79 Å². The number of nitrogens with zero attached hydrogens (tertiary/aromatic N) is 1. The van der Waals surface area contributed by atoms with Crippen molar-refractivity contribution in [1.29, 1.82) is 0 Å². The lowest BCUT2D eigenvalue weighted by Gasteiger charge is -2.39. The molecule has 1 N–H and O–H groups in total. The second-order valence-corrected chi connectivity index (χ2v) is 7.83. The van der Waals surface area contributed by atoms with Gasteiger partial charge in [-0.25, -0.2) is 0 Å². The molecule has 0 radical (unpaired) electrons. The summed E-state index contributed by atoms with van der Waals surface area (Å²) in [7, 11) is 0. The average Bonchev–Trinajstić information content (AvgIpc) is 2.82. The van der Waals surface area contributed by atoms with E-state index in [-0.39, 0.29) is 6.04 Å². The summed E-state index contributed by atoms with van der Waals surface area (Å²) >= 11 is 0. The molecular weight excluding hydrogens is 224 g/mol. The molecule has 3 fully saturated rings. The van der Waals surface area contributed by atoms with Gasteiger partial charge in [0.1, 0.15) is 0 Å². The summed E-state index contributed by atoms with van der Waals surface area (Å²) in [5, 5.41) is 3.36. The Morgan fingerprint density at radius 2 is 2.06 bits per heavy atom. The SMILES string of the molecule is CC1(C)CC2CC(C)(CN2C(=O)[C@H]2CCCN2)C1. The van der Waals surface area contributed by atoms with Gasteiger partial charge in [-0.1, -0.05) is 20.8 Å². The van der Waals surface area contributed by atoms with Crippen molar-refractivity contribution >= 4 is 5.91 Å². The van der Waals surface area contributed by atoms with Crippen LogP contribution in [0.1, 0.15) is 52.9 Å². The molecule has 1 saturated carbocycles. The zero-order valence-electron chi connectivity index (χ0n) is 12.0. The fourth-order valence-electron chi connectivity index (χ4n) is 4.81. The highest BCUT2D eigenvalue weighted by Gasteiger charge is 2.51. The third-order valence-electron chi connectivity index (χ3n) is 5.06. The molecule has 102 valence electrons. The van der Waals surface area contributed by atoms with E-state index in [1.54, 1.807) is 0 Å². The van der Waals surface area contributed by atoms with Gasteiger partial charge < -0.3 is 10.2 Å². The summed E-state index contributed by atoms with van der Waals surface area (Å²) in [6.45, 7) is 9.09. The van der Waals surface area contributed by atoms with E-state index in [0.29, 0.717) is 22.8 Å². The molecule has 2 bridgehead atoms. The van der Waals surface area contributed by atoms with E-state index in [9.17, 15) is 4.79 Å². The van der Waals surface area contributed by atoms with E-state index >= 15 is 0 Å². The van der Waals surface area contributed by atoms with Gasteiger partial charge >= 0.3 is 0 Å². The third-order valence-corrected chi connectivity index (χ3v) is 5.06. The maximum Gasteiger partial charge on any atom is 0.239 e. The lowest BCUT2D eigenvalue weighted by molar-refractivity contribution is -0.134. The quantitative estimate of drug-likeness (QED) is 0.773. The molecule has 1 aliphatic carbocycles. The molecule has 2 unspecified atom stereocenters. The summed E-state index contributed by atoms with van der Waals surface area (Å²) < 4.78 is 0. The maximum absolute atomic E-state index is 12.6. The second-order valence-electron chi connectivity index (χ2n) is 7.83. The molecule has 3 nitrogen and oxygen atoms in total. The first-order valence-corrected chi connectivity index (χ1v) is 7.43. The number of hydrogen-bond donors (Lipinski definition) is 1. The first-order chi connectivity index (χ1) is 8.39. The van der Waals surface area contributed by atoms with Crippen LogP contribution >= 0.6 is 0 Å². The van der Waals surface area contributed by atoms with E-state index in [0.717, 1.165) is 25.9 Å². The van der Waals surface area contributed by atoms with Crippen molar-refractivity contribution in [2.75, 3.05) is 13.1 Å². The van der Waals surface area contributed by atoms with Gasteiger partial charge in [-0.05, 0) is 49.5 Å². The van der Waals surface area contributed by atoms with Crippen LogP contribution in [0.15, 0.2) is 0 Å². The Morgan fingerprint density at radius 1 is 1.28 bits per heavy atom. The minimum absolute atomic E-state index is 0.107. The molecule has 0 aromatic heterocycles. The number of hydrogen-bond acceptors (Lipinski definition) is 2. The summed E-state index contributed by atoms with van der Waals surface area (Å²) in [6, 6.07) is 0.602. The monoisotopic (exact) mass is 250 g/mol. The first kappa shape index (κ1) is 12.5. The van der Waals surface area contributed by atoms with Gasteiger partial charge in [0.15, 0.2) is 0 Å². The topological polar surface area (TPSA) is 32.3 Å². The third kappa shape index (κ3) is 2.07. The van der Waals surface area contributed by atoms with E-state index in [1.165, 1.54) is 19.3 Å². The Kier molecular flexibility index (Phi) is 2.74. The van der Waals surface area contributed by atoms with Crippen LogP contribution < -0.4 is 5.32 Å². The molecule has 18 heavy (non-hydrogen) atoms. The Morgan fingerprint density at radius 3 is 2.72 bits per heavy atom. The zero-order valence-corrected chi connectivity index (χ0v) is 12.0. The first-order valence-electron chi connectivity index (χ1n) is 7.43. The minimum atomic E-state index is 0.107. The number of nitrogens with one attached hydrogen (secondary N) is 1. The number of carbonyl (C=O) groups is 1. The molecule has 0 spiro atoms. The highest BCUT2D eigenvalue weighted by molar-refractivity contribution is 5.83. The van der Waals surface area contributed by atoms with Crippen LogP contribution in [0.3, 0.4) is 0 Å². The summed E-state index contributed by atoms with van der Waals surface area (Å²) in [5.41, 5.74) is 0.760. The van der Waals surface area contributed by atoms with Crippen molar-refractivity contribution in [1.82, 2.24) is 10.2 Å². The maximum atomic E-state index is 12.6. The van der Waals surface area contributed by atoms with Gasteiger partial charge in [0.25, 0.3) is 0 Å². The Bertz CT molecular complexity index is 360. The van der Waals surface area contributed by atoms with Crippen molar-refractivity contribution in [3.05, 3.63) is 0 Å². The average molecular weight is 250 g/mol. The number of amides is 1. The van der Waals surface area contributed by atoms with Crippen molar-refractivity contribution in [2.24, 2.45) is 10.8 Å². The molecule has 2 heterocycles. The van der Waals surface area contributed by atoms with Gasteiger partial charge in [0.2, 0.25) is 5.91 Å². The van der Waals surface area contributed by atoms with Crippen LogP contribution in [0.2, 0.25) is 0 Å². The summed E-state index contributed by atoms with van der Waals surface area (Å²) in [6.07, 6.45) is 5.84. The van der Waals surface area contributed by atoms with Crippen molar-refractivity contribution in [3.63, 3.8) is 0 Å². The molecule has 0 aromatic rings. The van der Waals surface area contributed by atoms with Gasteiger partial charge in [-0.3, -0.25) is 4.79 Å². The molecule has 3 aliphatic rings. The minimum Gasteiger partial charge on any atom is -0.338 e. The van der Waals surface area contributed by atoms with Gasteiger partial charge in [-0.2, -0.15) is 0 Å². The predicted molar refractivity (Wildman–Crippen MR) is 72.3 cm³/mol. The van der Waals surface area contributed by atoms with E-state index in [2.05, 4.69) is 31.0 Å². The van der Waals surface area contributed by atoms with Crippen LogP contribution in [0.5, 0.6) is 0 Å². The van der Waals surface area contributed by atoms with Crippen LogP contribution in [-0.2, 0) is 4.79 Å². The molecule has 3 heteroatoms. The lowest BCUT2D eigenvalue weighted by atomic mass is 9.65. The van der Waals surface area contributed by atoms with Crippen LogP contribution in [-0.4, -0.2) is 36.0 Å². The summed E-state index contributed by atoms with van der Waals surface area (Å²) in [5.74, 6) is 0.374. The number of fused-ring (bicyclic) bond motifs is 2. The van der Waals surface area contributed by atoms with Crippen molar-refractivity contribution in [2.45, 2.75) is 65.0 Å². The molecule has 0 aromatic carbocycles. The Hall–Kier alpha value is -0.570. The predicted octanol–water partition coefficient (Wildman–Crippen LogP) is 2.17. The Balaban J connectivity index is 1.77. The molecule has 2 aliphatic heterocycles. The van der Waals surface area contributed by atoms with E-state index in [4.69, 9.17) is 0 Å². The van der Waals surface area contributed by atoms with E-state index < -0.39 is 0 Å². The van der Waals surface area contributed by atoms with Crippen LogP contribution in [0.4, 0.5) is 0 Å². The van der Waals surface area contributed by atoms with Gasteiger partial charge in [0.05, 0.1) is 6.04 Å². The highest BCUT2D eigenvalue weighted by Crippen LogP contribution is 2.52. The summed E-state index contributed by atoms with van der Waals surface area (Å²) in [4.78, 5) is 14.8. The molecule has 3 atom stereocenters. The standard InChI is InChI=1S/C15H26N2O/c1-14(2)7-11-8-15(3,9-14)10-17(11)13(18)12-5-4-6-16-12/h11-12,16H,4-10H2,1-3H3/t11?,12-,15?/m1/s1. The zero-order chi connectivity index (χ0) is 13.0. The number of rotatable bonds is 1. The van der Waals surface area contributed by atoms with Crippen molar-refractivity contribution in [3.8, 4) is 0 Å². The fraction of sp³-hybridized carbons (Fsp3) is 0.933. The second kappa shape index (κ2) is 3.96. The van der Waals surface area contributed by atoms with E-state index in [1.807, 2.05) is 0 Å². The smallest absolute Gasteiger partial charge is 0.239 e. The number of carbonyl (C=O) groups excluding carboxylic acids is 1. The largest absolute Gasteiger partial charge is 0.338 e. The molecule has 1 amide bonds.